The van der Waals surface area contributed by atoms with Crippen molar-refractivity contribution in [2.24, 2.45) is 0 Å². The van der Waals surface area contributed by atoms with Crippen LogP contribution in [0.25, 0.3) is 0 Å². The fourth-order valence-electron chi connectivity index (χ4n) is 1.76. The molecule has 2 aliphatic rings. The Kier molecular flexibility index (Phi) is 3.45. The molecule has 0 saturated carbocycles. The summed E-state index contributed by atoms with van der Waals surface area (Å²) in [5, 5.41) is 8.91. The topological polar surface area (TPSA) is 45.2 Å². The third kappa shape index (κ3) is 2.42. The van der Waals surface area contributed by atoms with Gasteiger partial charge in [0.1, 0.15) is 6.10 Å². The molecular weight excluding hydrogens is 196 g/mol. The predicted octanol–water partition coefficient (Wildman–Crippen LogP) is 0.134. The maximum Gasteiger partial charge on any atom is 0.242 e. The third-order valence-corrected chi connectivity index (χ3v) is 2.53. The molecular formula is C10H18N2O3. The van der Waals surface area contributed by atoms with E-state index in [4.69, 9.17) is 14.6 Å². The molecule has 0 aromatic heterocycles. The van der Waals surface area contributed by atoms with Gasteiger partial charge in [0.15, 0.2) is 0 Å². The van der Waals surface area contributed by atoms with Gasteiger partial charge in [0, 0.05) is 18.9 Å². The van der Waals surface area contributed by atoms with Crippen molar-refractivity contribution in [3.8, 4) is 0 Å². The van der Waals surface area contributed by atoms with Crippen molar-refractivity contribution in [2.75, 3.05) is 26.4 Å². The summed E-state index contributed by atoms with van der Waals surface area (Å²) >= 11 is 0. The lowest BCUT2D eigenvalue weighted by molar-refractivity contribution is -0.150. The molecule has 86 valence electrons. The van der Waals surface area contributed by atoms with Crippen LogP contribution < -0.4 is 0 Å². The molecule has 1 N–H and O–H groups in total. The largest absolute Gasteiger partial charge is 0.394 e. The molecule has 0 aromatic carbocycles. The molecule has 0 bridgehead atoms. The average Bonchev–Trinajstić information content (AvgIpc) is 2.85. The van der Waals surface area contributed by atoms with Crippen molar-refractivity contribution in [1.82, 2.24) is 9.80 Å². The van der Waals surface area contributed by atoms with Gasteiger partial charge in [-0.1, -0.05) is 6.92 Å². The van der Waals surface area contributed by atoms with Crippen LogP contribution in [0.2, 0.25) is 0 Å². The van der Waals surface area contributed by atoms with Crippen LogP contribution in [0.15, 0.2) is 12.4 Å². The van der Waals surface area contributed by atoms with Crippen LogP contribution in [-0.2, 0) is 9.47 Å². The smallest absolute Gasteiger partial charge is 0.242 e. The highest BCUT2D eigenvalue weighted by atomic mass is 16.7. The lowest BCUT2D eigenvalue weighted by atomic mass is 10.4. The Morgan fingerprint density at radius 1 is 1.47 bits per heavy atom. The molecule has 1 saturated heterocycles. The van der Waals surface area contributed by atoms with E-state index in [1.54, 1.807) is 0 Å². The van der Waals surface area contributed by atoms with Crippen LogP contribution in [0.1, 0.15) is 13.3 Å². The summed E-state index contributed by atoms with van der Waals surface area (Å²) in [6, 6.07) is 0. The van der Waals surface area contributed by atoms with E-state index in [0.717, 1.165) is 19.6 Å². The van der Waals surface area contributed by atoms with E-state index >= 15 is 0 Å². The summed E-state index contributed by atoms with van der Waals surface area (Å²) in [5.41, 5.74) is 0. The highest BCUT2D eigenvalue weighted by Gasteiger charge is 2.31. The minimum atomic E-state index is -0.333. The van der Waals surface area contributed by atoms with Crippen molar-refractivity contribution in [2.45, 2.75) is 25.9 Å². The molecule has 5 nitrogen and oxygen atoms in total. The second kappa shape index (κ2) is 4.83. The first-order valence-corrected chi connectivity index (χ1v) is 5.39. The van der Waals surface area contributed by atoms with Gasteiger partial charge in [-0.25, -0.2) is 0 Å². The molecule has 2 atom stereocenters. The van der Waals surface area contributed by atoms with Gasteiger partial charge < -0.3 is 24.4 Å². The Balaban J connectivity index is 1.80. The van der Waals surface area contributed by atoms with E-state index in [1.807, 2.05) is 17.3 Å². The number of hydrogen-bond donors (Lipinski definition) is 1. The number of nitrogens with zero attached hydrogens (tertiary/aromatic N) is 2. The Morgan fingerprint density at radius 2 is 2.33 bits per heavy atom. The van der Waals surface area contributed by atoms with Gasteiger partial charge in [0.05, 0.1) is 19.9 Å². The van der Waals surface area contributed by atoms with Gasteiger partial charge in [-0.2, -0.15) is 0 Å². The summed E-state index contributed by atoms with van der Waals surface area (Å²) in [6.07, 6.45) is 4.63. The minimum absolute atomic E-state index is 0.0206. The summed E-state index contributed by atoms with van der Waals surface area (Å²) in [7, 11) is 0. The fraction of sp³-hybridized carbons (Fsp3) is 0.800. The van der Waals surface area contributed by atoms with Crippen LogP contribution in [0, 0.1) is 0 Å². The van der Waals surface area contributed by atoms with Crippen LogP contribution in [0.5, 0.6) is 0 Å². The lowest BCUT2D eigenvalue weighted by Gasteiger charge is -2.24. The van der Waals surface area contributed by atoms with E-state index in [1.165, 1.54) is 0 Å². The Hall–Kier alpha value is -0.780. The number of aliphatic hydroxyl groups is 1. The molecule has 0 aliphatic carbocycles. The van der Waals surface area contributed by atoms with Crippen molar-refractivity contribution in [3.63, 3.8) is 0 Å². The fourth-order valence-corrected chi connectivity index (χ4v) is 1.76. The molecule has 15 heavy (non-hydrogen) atoms. The second-order valence-corrected chi connectivity index (χ2v) is 3.85. The molecule has 2 aliphatic heterocycles. The van der Waals surface area contributed by atoms with Gasteiger partial charge in [-0.05, 0) is 6.42 Å². The van der Waals surface area contributed by atoms with Gasteiger partial charge in [-0.3, -0.25) is 0 Å². The van der Waals surface area contributed by atoms with Crippen molar-refractivity contribution in [3.05, 3.63) is 12.4 Å². The zero-order chi connectivity index (χ0) is 10.7. The lowest BCUT2D eigenvalue weighted by Crippen LogP contribution is -2.35. The van der Waals surface area contributed by atoms with Crippen LogP contribution in [-0.4, -0.2) is 53.9 Å². The maximum absolute atomic E-state index is 8.91. The van der Waals surface area contributed by atoms with Gasteiger partial charge in [0.25, 0.3) is 0 Å². The Morgan fingerprint density at radius 3 is 3.00 bits per heavy atom. The van der Waals surface area contributed by atoms with Crippen LogP contribution >= 0.6 is 0 Å². The minimum Gasteiger partial charge on any atom is -0.394 e. The van der Waals surface area contributed by atoms with E-state index < -0.39 is 0 Å². The first-order valence-electron chi connectivity index (χ1n) is 5.39. The van der Waals surface area contributed by atoms with Gasteiger partial charge in [-0.15, -0.1) is 0 Å². The first-order chi connectivity index (χ1) is 7.33. The standard InChI is InChI=1S/C10H18N2O3/c1-2-3-11-4-5-12(8-11)10-14-7-9(6-13)15-10/h4-5,9-10,13H,2-3,6-8H2,1H3. The predicted molar refractivity (Wildman–Crippen MR) is 54.5 cm³/mol. The summed E-state index contributed by atoms with van der Waals surface area (Å²) < 4.78 is 10.9. The summed E-state index contributed by atoms with van der Waals surface area (Å²) in [4.78, 5) is 4.20. The number of hydrogen-bond acceptors (Lipinski definition) is 5. The monoisotopic (exact) mass is 214 g/mol. The highest BCUT2D eigenvalue weighted by Crippen LogP contribution is 2.19. The molecule has 0 amide bonds. The van der Waals surface area contributed by atoms with Crippen molar-refractivity contribution in [1.29, 1.82) is 0 Å². The van der Waals surface area contributed by atoms with Crippen molar-refractivity contribution < 1.29 is 14.6 Å². The molecule has 2 unspecified atom stereocenters. The highest BCUT2D eigenvalue weighted by molar-refractivity contribution is 4.91. The van der Waals surface area contributed by atoms with E-state index in [0.29, 0.717) is 6.61 Å². The third-order valence-electron chi connectivity index (χ3n) is 2.53. The SMILES string of the molecule is CCCN1C=CN(C2OCC(CO)O2)C1. The molecule has 1 fully saturated rings. The van der Waals surface area contributed by atoms with Crippen molar-refractivity contribution >= 4 is 0 Å². The number of ether oxygens (including phenoxy) is 2. The average molecular weight is 214 g/mol. The second-order valence-electron chi connectivity index (χ2n) is 3.85. The zero-order valence-corrected chi connectivity index (χ0v) is 9.00. The van der Waals surface area contributed by atoms with E-state index in [-0.39, 0.29) is 19.1 Å². The Labute approximate surface area is 89.9 Å². The number of aliphatic hydroxyl groups excluding tert-OH is 1. The molecule has 0 spiro atoms. The maximum atomic E-state index is 8.91. The summed E-state index contributed by atoms with van der Waals surface area (Å²) in [6.45, 7) is 4.49. The van der Waals surface area contributed by atoms with E-state index in [2.05, 4.69) is 11.8 Å². The quantitative estimate of drug-likeness (QED) is 0.721. The molecule has 0 aromatic rings. The molecule has 0 radical (unpaired) electrons. The van der Waals surface area contributed by atoms with Crippen LogP contribution in [0.3, 0.4) is 0 Å². The zero-order valence-electron chi connectivity index (χ0n) is 9.00. The Bertz CT molecular complexity index is 235. The molecule has 2 heterocycles. The molecule has 5 heteroatoms. The van der Waals surface area contributed by atoms with Crippen LogP contribution in [0.4, 0.5) is 0 Å². The summed E-state index contributed by atoms with van der Waals surface area (Å²) in [5.74, 6) is 0. The number of rotatable bonds is 4. The normalized spacial score (nSPS) is 30.5. The van der Waals surface area contributed by atoms with Gasteiger partial charge >= 0.3 is 0 Å². The van der Waals surface area contributed by atoms with Gasteiger partial charge in [0.2, 0.25) is 6.41 Å². The molecule has 2 rings (SSSR count). The first kappa shape index (κ1) is 10.7. The van der Waals surface area contributed by atoms with E-state index in [9.17, 15) is 0 Å².